The van der Waals surface area contributed by atoms with Crippen LogP contribution in [0.3, 0.4) is 0 Å². The van der Waals surface area contributed by atoms with Crippen LogP contribution < -0.4 is 5.32 Å². The molecule has 0 radical (unpaired) electrons. The Morgan fingerprint density at radius 2 is 2.32 bits per heavy atom. The molecule has 1 fully saturated rings. The number of hydrogen-bond donors (Lipinski definition) is 1. The number of likely N-dealkylation sites (tertiary alicyclic amines) is 1. The summed E-state index contributed by atoms with van der Waals surface area (Å²) >= 11 is 1.92. The molecule has 0 unspecified atom stereocenters. The summed E-state index contributed by atoms with van der Waals surface area (Å²) in [6.07, 6.45) is 6.19. The van der Waals surface area contributed by atoms with E-state index in [-0.39, 0.29) is 11.8 Å². The third-order valence-electron chi connectivity index (χ3n) is 3.84. The van der Waals surface area contributed by atoms with E-state index >= 15 is 0 Å². The van der Waals surface area contributed by atoms with Gasteiger partial charge in [0.05, 0.1) is 11.8 Å². The molecular weight excluding hydrogens is 300 g/mol. The standard InChI is InChI=1S/C16H24N2O3S/c1-3-22-14-6-4-5-8-18(10-14)16(20)12(2)17-15(19)13-7-9-21-11-13/h7,9,11-12,14H,3-6,8,10H2,1-2H3,(H,17,19)/t12-,14+/m0/s1. The molecule has 2 amide bonds. The Morgan fingerprint density at radius 1 is 1.50 bits per heavy atom. The lowest BCUT2D eigenvalue weighted by Crippen LogP contribution is -2.48. The lowest BCUT2D eigenvalue weighted by atomic mass is 10.2. The Hall–Kier alpha value is -1.43. The van der Waals surface area contributed by atoms with Crippen LogP contribution in [-0.4, -0.2) is 46.8 Å². The molecule has 1 N–H and O–H groups in total. The fourth-order valence-electron chi connectivity index (χ4n) is 2.68. The molecule has 5 nitrogen and oxygen atoms in total. The first-order valence-corrected chi connectivity index (χ1v) is 8.90. The smallest absolute Gasteiger partial charge is 0.255 e. The van der Waals surface area contributed by atoms with E-state index in [1.54, 1.807) is 13.0 Å². The average molecular weight is 324 g/mol. The topological polar surface area (TPSA) is 62.6 Å². The van der Waals surface area contributed by atoms with Crippen LogP contribution >= 0.6 is 11.8 Å². The van der Waals surface area contributed by atoms with Crippen molar-refractivity contribution in [1.29, 1.82) is 0 Å². The van der Waals surface area contributed by atoms with Crippen molar-refractivity contribution in [2.24, 2.45) is 0 Å². The van der Waals surface area contributed by atoms with Crippen molar-refractivity contribution >= 4 is 23.6 Å². The molecule has 122 valence electrons. The van der Waals surface area contributed by atoms with Crippen LogP contribution in [0.5, 0.6) is 0 Å². The molecule has 0 aromatic carbocycles. The number of thioether (sulfide) groups is 1. The van der Waals surface area contributed by atoms with Crippen LogP contribution in [0.2, 0.25) is 0 Å². The van der Waals surface area contributed by atoms with Gasteiger partial charge in [0.1, 0.15) is 12.3 Å². The maximum Gasteiger partial charge on any atom is 0.255 e. The highest BCUT2D eigenvalue weighted by Gasteiger charge is 2.26. The van der Waals surface area contributed by atoms with Gasteiger partial charge in [0, 0.05) is 18.3 Å². The summed E-state index contributed by atoms with van der Waals surface area (Å²) in [4.78, 5) is 26.5. The van der Waals surface area contributed by atoms with Crippen molar-refractivity contribution in [2.45, 2.75) is 44.4 Å². The molecule has 0 saturated carbocycles. The molecule has 1 aromatic heterocycles. The second-order valence-corrected chi connectivity index (χ2v) is 7.14. The van der Waals surface area contributed by atoms with E-state index in [0.717, 1.165) is 38.1 Å². The Labute approximate surface area is 135 Å². The number of amides is 2. The van der Waals surface area contributed by atoms with Gasteiger partial charge in [-0.2, -0.15) is 11.8 Å². The third-order valence-corrected chi connectivity index (χ3v) is 5.03. The van der Waals surface area contributed by atoms with Gasteiger partial charge in [0.2, 0.25) is 5.91 Å². The minimum absolute atomic E-state index is 0.000415. The number of rotatable bonds is 5. The summed E-state index contributed by atoms with van der Waals surface area (Å²) in [6, 6.07) is 1.07. The van der Waals surface area contributed by atoms with E-state index in [1.165, 1.54) is 12.5 Å². The first-order chi connectivity index (χ1) is 10.6. The zero-order valence-electron chi connectivity index (χ0n) is 13.2. The molecule has 2 heterocycles. The van der Waals surface area contributed by atoms with Crippen molar-refractivity contribution in [2.75, 3.05) is 18.8 Å². The molecule has 0 bridgehead atoms. The predicted octanol–water partition coefficient (Wildman–Crippen LogP) is 2.53. The first-order valence-electron chi connectivity index (χ1n) is 7.85. The Bertz CT molecular complexity index is 490. The normalized spacial score (nSPS) is 20.3. The summed E-state index contributed by atoms with van der Waals surface area (Å²) in [5.41, 5.74) is 0.440. The van der Waals surface area contributed by atoms with Crippen LogP contribution in [-0.2, 0) is 4.79 Å². The molecule has 2 rings (SSSR count). The molecule has 0 aliphatic carbocycles. The molecule has 2 atom stereocenters. The van der Waals surface area contributed by atoms with Gasteiger partial charge in [-0.25, -0.2) is 0 Å². The van der Waals surface area contributed by atoms with Gasteiger partial charge in [-0.05, 0) is 31.6 Å². The summed E-state index contributed by atoms with van der Waals surface area (Å²) in [5.74, 6) is 0.795. The predicted molar refractivity (Wildman–Crippen MR) is 88.0 cm³/mol. The molecule has 1 aliphatic rings. The van der Waals surface area contributed by atoms with E-state index in [2.05, 4.69) is 12.2 Å². The van der Waals surface area contributed by atoms with Gasteiger partial charge in [0.25, 0.3) is 5.91 Å². The van der Waals surface area contributed by atoms with Gasteiger partial charge in [-0.3, -0.25) is 9.59 Å². The maximum atomic E-state index is 12.6. The van der Waals surface area contributed by atoms with Crippen molar-refractivity contribution in [1.82, 2.24) is 10.2 Å². The van der Waals surface area contributed by atoms with Crippen molar-refractivity contribution in [3.05, 3.63) is 24.2 Å². The molecule has 0 spiro atoms. The summed E-state index contributed by atoms with van der Waals surface area (Å²) in [5, 5.41) is 3.26. The van der Waals surface area contributed by atoms with Crippen LogP contribution in [0.25, 0.3) is 0 Å². The third kappa shape index (κ3) is 4.53. The highest BCUT2D eigenvalue weighted by atomic mass is 32.2. The monoisotopic (exact) mass is 324 g/mol. The second kappa shape index (κ2) is 8.27. The number of carbonyl (C=O) groups excluding carboxylic acids is 2. The van der Waals surface area contributed by atoms with Crippen molar-refractivity contribution in [3.63, 3.8) is 0 Å². The largest absolute Gasteiger partial charge is 0.472 e. The lowest BCUT2D eigenvalue weighted by Gasteiger charge is -2.27. The van der Waals surface area contributed by atoms with Crippen molar-refractivity contribution < 1.29 is 14.0 Å². The SMILES string of the molecule is CCS[C@@H]1CCCCN(C(=O)[C@H](C)NC(=O)c2ccoc2)C1. The van der Waals surface area contributed by atoms with Crippen LogP contribution in [0.1, 0.15) is 43.5 Å². The van der Waals surface area contributed by atoms with E-state index in [4.69, 9.17) is 4.42 Å². The van der Waals surface area contributed by atoms with Crippen LogP contribution in [0.15, 0.2) is 23.0 Å². The van der Waals surface area contributed by atoms with E-state index in [0.29, 0.717) is 10.8 Å². The Morgan fingerprint density at radius 3 is 3.00 bits per heavy atom. The van der Waals surface area contributed by atoms with Crippen LogP contribution in [0.4, 0.5) is 0 Å². The van der Waals surface area contributed by atoms with Gasteiger partial charge in [0.15, 0.2) is 0 Å². The molecule has 6 heteroatoms. The van der Waals surface area contributed by atoms with Gasteiger partial charge >= 0.3 is 0 Å². The average Bonchev–Trinajstić information content (AvgIpc) is 2.94. The molecular formula is C16H24N2O3S. The quantitative estimate of drug-likeness (QED) is 0.904. The molecule has 1 aliphatic heterocycles. The molecule has 1 saturated heterocycles. The first kappa shape index (κ1) is 16.9. The second-order valence-electron chi connectivity index (χ2n) is 5.56. The minimum atomic E-state index is -0.521. The van der Waals surface area contributed by atoms with Gasteiger partial charge in [-0.1, -0.05) is 13.3 Å². The number of furan rings is 1. The van der Waals surface area contributed by atoms with E-state index in [9.17, 15) is 9.59 Å². The number of nitrogens with zero attached hydrogens (tertiary/aromatic N) is 1. The minimum Gasteiger partial charge on any atom is -0.472 e. The number of nitrogens with one attached hydrogen (secondary N) is 1. The van der Waals surface area contributed by atoms with Crippen LogP contribution in [0, 0.1) is 0 Å². The summed E-state index contributed by atoms with van der Waals surface area (Å²) in [6.45, 7) is 5.46. The van der Waals surface area contributed by atoms with E-state index in [1.807, 2.05) is 16.7 Å². The molecule has 1 aromatic rings. The van der Waals surface area contributed by atoms with E-state index < -0.39 is 6.04 Å². The zero-order chi connectivity index (χ0) is 15.9. The van der Waals surface area contributed by atoms with Gasteiger partial charge in [-0.15, -0.1) is 0 Å². The highest BCUT2D eigenvalue weighted by Crippen LogP contribution is 2.22. The molecule has 22 heavy (non-hydrogen) atoms. The fourth-order valence-corrected chi connectivity index (χ4v) is 3.77. The number of hydrogen-bond acceptors (Lipinski definition) is 4. The lowest BCUT2D eigenvalue weighted by molar-refractivity contribution is -0.132. The summed E-state index contributed by atoms with van der Waals surface area (Å²) < 4.78 is 4.89. The highest BCUT2D eigenvalue weighted by molar-refractivity contribution is 7.99. The maximum absolute atomic E-state index is 12.6. The Kier molecular flexibility index (Phi) is 6.36. The summed E-state index contributed by atoms with van der Waals surface area (Å²) in [7, 11) is 0. The zero-order valence-corrected chi connectivity index (χ0v) is 14.0. The Balaban J connectivity index is 1.92. The number of carbonyl (C=O) groups is 2. The van der Waals surface area contributed by atoms with Gasteiger partial charge < -0.3 is 14.6 Å². The fraction of sp³-hybridized carbons (Fsp3) is 0.625. The van der Waals surface area contributed by atoms with Crippen molar-refractivity contribution in [3.8, 4) is 0 Å².